The molecule has 0 aliphatic heterocycles. The first-order valence-electron chi connectivity index (χ1n) is 9.19. The van der Waals surface area contributed by atoms with Gasteiger partial charge in [-0.05, 0) is 12.0 Å². The molecule has 1 aromatic heterocycles. The quantitative estimate of drug-likeness (QED) is 0.583. The standard InChI is InChI=1S/C22H26N4/c1-3-4-15-23-22-24-20(19-13-9-6-10-14-19)16-21(25-22)26(2)17-18-11-7-5-8-12-18/h5-14,16H,3-4,15,17H2,1-2H3,(H,23,24,25). The predicted octanol–water partition coefficient (Wildman–Crippen LogP) is 4.99. The summed E-state index contributed by atoms with van der Waals surface area (Å²) in [6, 6.07) is 22.8. The average Bonchev–Trinajstić information content (AvgIpc) is 2.69. The van der Waals surface area contributed by atoms with Gasteiger partial charge in [0.25, 0.3) is 0 Å². The zero-order chi connectivity index (χ0) is 18.2. The summed E-state index contributed by atoms with van der Waals surface area (Å²) >= 11 is 0. The fourth-order valence-electron chi connectivity index (χ4n) is 2.78. The summed E-state index contributed by atoms with van der Waals surface area (Å²) in [7, 11) is 2.07. The third kappa shape index (κ3) is 4.82. The fourth-order valence-corrected chi connectivity index (χ4v) is 2.78. The summed E-state index contributed by atoms with van der Waals surface area (Å²) in [5.41, 5.74) is 3.30. The van der Waals surface area contributed by atoms with E-state index in [1.807, 2.05) is 24.3 Å². The first-order valence-corrected chi connectivity index (χ1v) is 9.19. The van der Waals surface area contributed by atoms with Crippen LogP contribution in [0.5, 0.6) is 0 Å². The highest BCUT2D eigenvalue weighted by atomic mass is 15.2. The Balaban J connectivity index is 1.88. The molecule has 0 fully saturated rings. The van der Waals surface area contributed by atoms with E-state index in [0.29, 0.717) is 5.95 Å². The highest BCUT2D eigenvalue weighted by molar-refractivity contribution is 5.64. The molecule has 0 unspecified atom stereocenters. The van der Waals surface area contributed by atoms with E-state index < -0.39 is 0 Å². The van der Waals surface area contributed by atoms with Gasteiger partial charge >= 0.3 is 0 Å². The van der Waals surface area contributed by atoms with E-state index in [4.69, 9.17) is 9.97 Å². The molecule has 0 bridgehead atoms. The SMILES string of the molecule is CCCCNc1nc(-c2ccccc2)cc(N(C)Cc2ccccc2)n1. The number of anilines is 2. The van der Waals surface area contributed by atoms with Crippen molar-refractivity contribution in [1.29, 1.82) is 0 Å². The van der Waals surface area contributed by atoms with Crippen LogP contribution in [0.4, 0.5) is 11.8 Å². The lowest BCUT2D eigenvalue weighted by molar-refractivity contribution is 0.823. The molecule has 0 aliphatic rings. The number of nitrogens with one attached hydrogen (secondary N) is 1. The van der Waals surface area contributed by atoms with Crippen LogP contribution < -0.4 is 10.2 Å². The normalized spacial score (nSPS) is 10.5. The smallest absolute Gasteiger partial charge is 0.225 e. The number of hydrogen-bond acceptors (Lipinski definition) is 4. The van der Waals surface area contributed by atoms with Crippen molar-refractivity contribution in [2.24, 2.45) is 0 Å². The molecule has 0 atom stereocenters. The van der Waals surface area contributed by atoms with Crippen LogP contribution in [-0.2, 0) is 6.54 Å². The van der Waals surface area contributed by atoms with E-state index in [1.54, 1.807) is 0 Å². The highest BCUT2D eigenvalue weighted by Crippen LogP contribution is 2.23. The number of nitrogens with zero attached hydrogens (tertiary/aromatic N) is 3. The Bertz CT molecular complexity index is 803. The summed E-state index contributed by atoms with van der Waals surface area (Å²) in [5.74, 6) is 1.61. The molecule has 0 saturated heterocycles. The van der Waals surface area contributed by atoms with Crippen LogP contribution in [0, 0.1) is 0 Å². The summed E-state index contributed by atoms with van der Waals surface area (Å²) in [6.07, 6.45) is 2.25. The Morgan fingerprint density at radius 1 is 0.923 bits per heavy atom. The van der Waals surface area contributed by atoms with Crippen molar-refractivity contribution in [3.8, 4) is 11.3 Å². The zero-order valence-corrected chi connectivity index (χ0v) is 15.5. The maximum absolute atomic E-state index is 4.73. The largest absolute Gasteiger partial charge is 0.355 e. The second-order valence-electron chi connectivity index (χ2n) is 6.42. The van der Waals surface area contributed by atoms with Crippen molar-refractivity contribution in [2.75, 3.05) is 23.8 Å². The monoisotopic (exact) mass is 346 g/mol. The van der Waals surface area contributed by atoms with Crippen molar-refractivity contribution in [1.82, 2.24) is 9.97 Å². The van der Waals surface area contributed by atoms with Gasteiger partial charge in [-0.3, -0.25) is 0 Å². The van der Waals surface area contributed by atoms with Gasteiger partial charge < -0.3 is 10.2 Å². The lowest BCUT2D eigenvalue weighted by Gasteiger charge is -2.20. The molecule has 1 heterocycles. The zero-order valence-electron chi connectivity index (χ0n) is 15.5. The lowest BCUT2D eigenvalue weighted by Crippen LogP contribution is -2.19. The predicted molar refractivity (Wildman–Crippen MR) is 109 cm³/mol. The Hall–Kier alpha value is -2.88. The van der Waals surface area contributed by atoms with E-state index in [0.717, 1.165) is 43.0 Å². The van der Waals surface area contributed by atoms with Crippen LogP contribution in [0.25, 0.3) is 11.3 Å². The number of benzene rings is 2. The molecule has 4 heteroatoms. The Morgan fingerprint density at radius 2 is 1.62 bits per heavy atom. The molecule has 0 amide bonds. The molecule has 0 aliphatic carbocycles. The van der Waals surface area contributed by atoms with Gasteiger partial charge in [-0.15, -0.1) is 0 Å². The molecule has 0 spiro atoms. The van der Waals surface area contributed by atoms with Crippen LogP contribution in [0.2, 0.25) is 0 Å². The lowest BCUT2D eigenvalue weighted by atomic mass is 10.1. The topological polar surface area (TPSA) is 41.1 Å². The van der Waals surface area contributed by atoms with Crippen LogP contribution in [0.3, 0.4) is 0 Å². The number of rotatable bonds is 8. The molecule has 3 aromatic rings. The molecular formula is C22H26N4. The van der Waals surface area contributed by atoms with Crippen LogP contribution in [0.1, 0.15) is 25.3 Å². The van der Waals surface area contributed by atoms with Gasteiger partial charge in [-0.2, -0.15) is 4.98 Å². The van der Waals surface area contributed by atoms with E-state index >= 15 is 0 Å². The van der Waals surface area contributed by atoms with Crippen LogP contribution in [-0.4, -0.2) is 23.6 Å². The first-order chi connectivity index (χ1) is 12.8. The summed E-state index contributed by atoms with van der Waals surface area (Å²) in [6.45, 7) is 3.87. The van der Waals surface area contributed by atoms with E-state index in [2.05, 4.69) is 66.7 Å². The van der Waals surface area contributed by atoms with Crippen molar-refractivity contribution >= 4 is 11.8 Å². The minimum Gasteiger partial charge on any atom is -0.355 e. The fraction of sp³-hybridized carbons (Fsp3) is 0.273. The molecular weight excluding hydrogens is 320 g/mol. The molecule has 1 N–H and O–H groups in total. The Morgan fingerprint density at radius 3 is 2.31 bits per heavy atom. The maximum Gasteiger partial charge on any atom is 0.225 e. The van der Waals surface area contributed by atoms with Gasteiger partial charge in [0.15, 0.2) is 0 Å². The molecule has 2 aromatic carbocycles. The first kappa shape index (κ1) is 17.9. The second-order valence-corrected chi connectivity index (χ2v) is 6.42. The number of aromatic nitrogens is 2. The molecule has 26 heavy (non-hydrogen) atoms. The van der Waals surface area contributed by atoms with Gasteiger partial charge in [0.1, 0.15) is 5.82 Å². The maximum atomic E-state index is 4.73. The van der Waals surface area contributed by atoms with Gasteiger partial charge in [-0.1, -0.05) is 74.0 Å². The Kier molecular flexibility index (Phi) is 6.20. The van der Waals surface area contributed by atoms with Gasteiger partial charge in [-0.25, -0.2) is 4.98 Å². The van der Waals surface area contributed by atoms with E-state index in [9.17, 15) is 0 Å². The third-order valence-corrected chi connectivity index (χ3v) is 4.25. The van der Waals surface area contributed by atoms with Gasteiger partial charge in [0.2, 0.25) is 5.95 Å². The third-order valence-electron chi connectivity index (χ3n) is 4.25. The summed E-state index contributed by atoms with van der Waals surface area (Å²) in [5, 5.41) is 3.37. The average molecular weight is 346 g/mol. The van der Waals surface area contributed by atoms with Gasteiger partial charge in [0, 0.05) is 31.8 Å². The minimum absolute atomic E-state index is 0.690. The highest BCUT2D eigenvalue weighted by Gasteiger charge is 2.10. The summed E-state index contributed by atoms with van der Waals surface area (Å²) in [4.78, 5) is 11.6. The minimum atomic E-state index is 0.690. The van der Waals surface area contributed by atoms with Crippen molar-refractivity contribution < 1.29 is 0 Å². The van der Waals surface area contributed by atoms with Crippen molar-refractivity contribution in [3.05, 3.63) is 72.3 Å². The Labute approximate surface area is 155 Å². The molecule has 4 nitrogen and oxygen atoms in total. The van der Waals surface area contributed by atoms with Crippen LogP contribution in [0.15, 0.2) is 66.7 Å². The van der Waals surface area contributed by atoms with Crippen LogP contribution >= 0.6 is 0 Å². The van der Waals surface area contributed by atoms with Crippen molar-refractivity contribution in [2.45, 2.75) is 26.3 Å². The van der Waals surface area contributed by atoms with E-state index in [1.165, 1.54) is 5.56 Å². The molecule has 134 valence electrons. The van der Waals surface area contributed by atoms with Crippen molar-refractivity contribution in [3.63, 3.8) is 0 Å². The number of hydrogen-bond donors (Lipinski definition) is 1. The summed E-state index contributed by atoms with van der Waals surface area (Å²) < 4.78 is 0. The second kappa shape index (κ2) is 8.99. The molecule has 3 rings (SSSR count). The van der Waals surface area contributed by atoms with Gasteiger partial charge in [0.05, 0.1) is 5.69 Å². The van der Waals surface area contributed by atoms with E-state index in [-0.39, 0.29) is 0 Å². The molecule has 0 radical (unpaired) electrons. The number of unbranched alkanes of at least 4 members (excludes halogenated alkanes) is 1. The molecule has 0 saturated carbocycles.